The number of rotatable bonds is 4. The zero-order valence-corrected chi connectivity index (χ0v) is 17.0. The number of benzene rings is 2. The number of sulfonamides is 1. The molecule has 0 bridgehead atoms. The van der Waals surface area contributed by atoms with Crippen LogP contribution in [0.15, 0.2) is 53.4 Å². The first-order valence-corrected chi connectivity index (χ1v) is 10.5. The molecule has 0 aliphatic carbocycles. The Balaban J connectivity index is 1.65. The number of methoxy groups -OCH3 is 1. The van der Waals surface area contributed by atoms with Gasteiger partial charge in [-0.2, -0.15) is 9.57 Å². The molecule has 1 aliphatic rings. The second-order valence-corrected chi connectivity index (χ2v) is 8.45. The van der Waals surface area contributed by atoms with E-state index in [9.17, 15) is 13.7 Å². The van der Waals surface area contributed by atoms with Crippen molar-refractivity contribution in [2.45, 2.75) is 4.90 Å². The number of piperazine rings is 1. The summed E-state index contributed by atoms with van der Waals surface area (Å²) in [6.07, 6.45) is 0. The van der Waals surface area contributed by atoms with Gasteiger partial charge < -0.3 is 15.0 Å². The lowest BCUT2D eigenvalue weighted by atomic mass is 10.2. The van der Waals surface area contributed by atoms with Gasteiger partial charge >= 0.3 is 0 Å². The van der Waals surface area contributed by atoms with Gasteiger partial charge in [-0.15, -0.1) is 0 Å². The van der Waals surface area contributed by atoms with Crippen LogP contribution in [0.2, 0.25) is 0 Å². The largest absolute Gasteiger partial charge is 0.497 e. The lowest BCUT2D eigenvalue weighted by molar-refractivity contribution is 0.268. The molecule has 1 aliphatic heterocycles. The van der Waals surface area contributed by atoms with Crippen molar-refractivity contribution in [2.24, 2.45) is 0 Å². The molecule has 28 heavy (non-hydrogen) atoms. The Morgan fingerprint density at radius 3 is 2.54 bits per heavy atom. The van der Waals surface area contributed by atoms with Gasteiger partial charge in [-0.3, -0.25) is 0 Å². The third-order valence-corrected chi connectivity index (χ3v) is 6.79. The number of thiocarbonyl (C=S) groups is 1. The highest BCUT2D eigenvalue weighted by atomic mass is 32.2. The summed E-state index contributed by atoms with van der Waals surface area (Å²) in [6.45, 7) is 1.51. The molecule has 0 amide bonds. The highest BCUT2D eigenvalue weighted by Crippen LogP contribution is 2.22. The third-order valence-electron chi connectivity index (χ3n) is 4.47. The number of hydrogen-bond acceptors (Lipinski definition) is 5. The molecule has 0 radical (unpaired) electrons. The van der Waals surface area contributed by atoms with E-state index in [2.05, 4.69) is 5.32 Å². The predicted octanol–water partition coefficient (Wildman–Crippen LogP) is 2.27. The van der Waals surface area contributed by atoms with E-state index in [0.29, 0.717) is 31.3 Å². The van der Waals surface area contributed by atoms with Gasteiger partial charge in [0.05, 0.1) is 17.6 Å². The number of ether oxygens (including phenoxy) is 1. The predicted molar refractivity (Wildman–Crippen MR) is 111 cm³/mol. The quantitative estimate of drug-likeness (QED) is 0.765. The van der Waals surface area contributed by atoms with Crippen molar-refractivity contribution < 1.29 is 13.2 Å². The van der Waals surface area contributed by atoms with Crippen molar-refractivity contribution in [3.63, 3.8) is 0 Å². The minimum atomic E-state index is -3.72. The van der Waals surface area contributed by atoms with Crippen molar-refractivity contribution in [1.82, 2.24) is 9.21 Å². The second kappa shape index (κ2) is 8.56. The van der Waals surface area contributed by atoms with Crippen molar-refractivity contribution in [2.75, 3.05) is 38.6 Å². The summed E-state index contributed by atoms with van der Waals surface area (Å²) < 4.78 is 32.4. The van der Waals surface area contributed by atoms with E-state index in [4.69, 9.17) is 17.0 Å². The first kappa shape index (κ1) is 20.1. The fourth-order valence-corrected chi connectivity index (χ4v) is 4.82. The van der Waals surface area contributed by atoms with E-state index in [1.165, 1.54) is 16.4 Å². The van der Waals surface area contributed by atoms with Crippen LogP contribution >= 0.6 is 12.2 Å². The molecule has 146 valence electrons. The monoisotopic (exact) mass is 416 g/mol. The average Bonchev–Trinajstić information content (AvgIpc) is 2.73. The number of nitrogens with one attached hydrogen (secondary N) is 1. The molecule has 1 saturated heterocycles. The Kier molecular flexibility index (Phi) is 6.14. The van der Waals surface area contributed by atoms with Gasteiger partial charge in [-0.25, -0.2) is 8.42 Å². The molecule has 1 heterocycles. The van der Waals surface area contributed by atoms with Gasteiger partial charge in [0.15, 0.2) is 5.11 Å². The Labute approximate surface area is 170 Å². The number of nitriles is 1. The summed E-state index contributed by atoms with van der Waals surface area (Å²) in [7, 11) is -2.12. The molecule has 3 rings (SSSR count). The van der Waals surface area contributed by atoms with Crippen LogP contribution in [-0.4, -0.2) is 56.0 Å². The molecule has 2 aromatic rings. The lowest BCUT2D eigenvalue weighted by Crippen LogP contribution is -2.51. The smallest absolute Gasteiger partial charge is 0.244 e. The zero-order chi connectivity index (χ0) is 20.1. The van der Waals surface area contributed by atoms with Gasteiger partial charge in [0.25, 0.3) is 0 Å². The summed E-state index contributed by atoms with van der Waals surface area (Å²) >= 11 is 5.46. The molecule has 0 saturated carbocycles. The first-order valence-electron chi connectivity index (χ1n) is 8.65. The van der Waals surface area contributed by atoms with Crippen LogP contribution in [0.4, 0.5) is 5.69 Å². The number of anilines is 1. The molecule has 0 unspecified atom stereocenters. The SMILES string of the molecule is COc1cccc(NC(=S)N2CCN(S(=O)(=O)c3ccccc3C#N)CC2)c1. The van der Waals surface area contributed by atoms with E-state index in [1.54, 1.807) is 19.2 Å². The van der Waals surface area contributed by atoms with Crippen LogP contribution in [0.3, 0.4) is 0 Å². The molecule has 7 nitrogen and oxygen atoms in total. The Hall–Kier alpha value is -2.67. The second-order valence-electron chi connectivity index (χ2n) is 6.16. The minimum Gasteiger partial charge on any atom is -0.497 e. The van der Waals surface area contributed by atoms with Crippen LogP contribution in [-0.2, 0) is 10.0 Å². The molecular weight excluding hydrogens is 396 g/mol. The lowest BCUT2D eigenvalue weighted by Gasteiger charge is -2.35. The highest BCUT2D eigenvalue weighted by molar-refractivity contribution is 7.89. The normalized spacial score (nSPS) is 14.9. The Bertz CT molecular complexity index is 1010. The third kappa shape index (κ3) is 4.25. The Morgan fingerprint density at radius 1 is 1.14 bits per heavy atom. The van der Waals surface area contributed by atoms with Crippen molar-refractivity contribution in [1.29, 1.82) is 5.26 Å². The van der Waals surface area contributed by atoms with Crippen LogP contribution in [0.25, 0.3) is 0 Å². The molecular formula is C19H20N4O3S2. The average molecular weight is 417 g/mol. The van der Waals surface area contributed by atoms with E-state index in [-0.39, 0.29) is 10.5 Å². The van der Waals surface area contributed by atoms with Crippen LogP contribution < -0.4 is 10.1 Å². The summed E-state index contributed by atoms with van der Waals surface area (Å²) in [4.78, 5) is 1.97. The molecule has 2 aromatic carbocycles. The summed E-state index contributed by atoms with van der Waals surface area (Å²) in [5, 5.41) is 12.9. The van der Waals surface area contributed by atoms with E-state index in [1.807, 2.05) is 35.2 Å². The maximum Gasteiger partial charge on any atom is 0.244 e. The Morgan fingerprint density at radius 2 is 1.86 bits per heavy atom. The summed E-state index contributed by atoms with van der Waals surface area (Å²) in [5.41, 5.74) is 0.961. The van der Waals surface area contributed by atoms with Crippen LogP contribution in [0.5, 0.6) is 5.75 Å². The van der Waals surface area contributed by atoms with Crippen LogP contribution in [0, 0.1) is 11.3 Å². The molecule has 0 aromatic heterocycles. The van der Waals surface area contributed by atoms with Gasteiger partial charge in [0.2, 0.25) is 10.0 Å². The van der Waals surface area contributed by atoms with Crippen LogP contribution in [0.1, 0.15) is 5.56 Å². The van der Waals surface area contributed by atoms with Gasteiger partial charge in [-0.05, 0) is 36.5 Å². The summed E-state index contributed by atoms with van der Waals surface area (Å²) in [6, 6.07) is 15.6. The minimum absolute atomic E-state index is 0.0445. The fraction of sp³-hybridized carbons (Fsp3) is 0.263. The van der Waals surface area contributed by atoms with Gasteiger partial charge in [0.1, 0.15) is 11.8 Å². The first-order chi connectivity index (χ1) is 13.5. The van der Waals surface area contributed by atoms with Crippen molar-refractivity contribution in [3.05, 3.63) is 54.1 Å². The zero-order valence-electron chi connectivity index (χ0n) is 15.3. The fourth-order valence-electron chi connectivity index (χ4n) is 2.96. The maximum absolute atomic E-state index is 12.9. The van der Waals surface area contributed by atoms with Gasteiger partial charge in [-0.1, -0.05) is 18.2 Å². The standard InChI is InChI=1S/C19H20N4O3S2/c1-26-17-7-4-6-16(13-17)21-19(27)22-9-11-23(12-10-22)28(24,25)18-8-3-2-5-15(18)14-20/h2-8,13H,9-12H2,1H3,(H,21,27). The van der Waals surface area contributed by atoms with E-state index in [0.717, 1.165) is 11.4 Å². The van der Waals surface area contributed by atoms with E-state index >= 15 is 0 Å². The molecule has 0 atom stereocenters. The molecule has 9 heteroatoms. The van der Waals surface area contributed by atoms with Crippen molar-refractivity contribution >= 4 is 33.0 Å². The van der Waals surface area contributed by atoms with Crippen molar-refractivity contribution in [3.8, 4) is 11.8 Å². The molecule has 1 fully saturated rings. The number of nitrogens with zero attached hydrogens (tertiary/aromatic N) is 3. The highest BCUT2D eigenvalue weighted by Gasteiger charge is 2.30. The van der Waals surface area contributed by atoms with E-state index < -0.39 is 10.0 Å². The maximum atomic E-state index is 12.9. The molecule has 1 N–H and O–H groups in total. The van der Waals surface area contributed by atoms with Gasteiger partial charge in [0, 0.05) is 37.9 Å². The number of hydrogen-bond donors (Lipinski definition) is 1. The molecule has 0 spiro atoms. The topological polar surface area (TPSA) is 85.7 Å². The summed E-state index contributed by atoms with van der Waals surface area (Å²) in [5.74, 6) is 0.722.